The first-order chi connectivity index (χ1) is 38.6. The van der Waals surface area contributed by atoms with E-state index in [1.165, 1.54) is 148 Å². The number of rotatable bonds is 58. The van der Waals surface area contributed by atoms with Crippen LogP contribution in [0.4, 0.5) is 0 Å². The van der Waals surface area contributed by atoms with E-state index in [4.69, 9.17) is 18.9 Å². The number of allylic oxidation sites excluding steroid dienone is 18. The van der Waals surface area contributed by atoms with Gasteiger partial charge < -0.3 is 28.5 Å². The van der Waals surface area contributed by atoms with Crippen molar-refractivity contribution in [1.82, 2.24) is 0 Å². The normalized spacial score (nSPS) is 13.5. The maximum Gasteiger partial charge on any atom is 0.361 e. The van der Waals surface area contributed by atoms with E-state index in [9.17, 15) is 19.5 Å². The van der Waals surface area contributed by atoms with Crippen LogP contribution in [0.2, 0.25) is 0 Å². The van der Waals surface area contributed by atoms with Crippen molar-refractivity contribution in [2.45, 2.75) is 270 Å². The van der Waals surface area contributed by atoms with E-state index in [1.807, 2.05) is 21.1 Å². The van der Waals surface area contributed by atoms with Gasteiger partial charge >= 0.3 is 17.9 Å². The minimum atomic E-state index is -1.53. The summed E-state index contributed by atoms with van der Waals surface area (Å²) in [4.78, 5) is 37.5. The molecule has 0 aliphatic rings. The summed E-state index contributed by atoms with van der Waals surface area (Å²) in [6, 6.07) is 0. The van der Waals surface area contributed by atoms with Crippen LogP contribution in [0.1, 0.15) is 258 Å². The molecule has 0 aromatic rings. The number of carbonyl (C=O) groups excluding carboxylic acids is 2. The second kappa shape index (κ2) is 60.1. The highest BCUT2D eigenvalue weighted by atomic mass is 16.7. The molecule has 1 N–H and O–H groups in total. The van der Waals surface area contributed by atoms with Crippen LogP contribution in [-0.4, -0.2) is 87.4 Å². The number of quaternary nitrogens is 1. The Morgan fingerprint density at radius 1 is 0.392 bits per heavy atom. The number of esters is 2. The van der Waals surface area contributed by atoms with Crippen LogP contribution in [0.5, 0.6) is 0 Å². The summed E-state index contributed by atoms with van der Waals surface area (Å²) in [5, 5.41) is 9.72. The van der Waals surface area contributed by atoms with Gasteiger partial charge in [0.15, 0.2) is 6.10 Å². The zero-order chi connectivity index (χ0) is 57.6. The van der Waals surface area contributed by atoms with Crippen molar-refractivity contribution >= 4 is 17.9 Å². The predicted octanol–water partition coefficient (Wildman–Crippen LogP) is 19.5. The van der Waals surface area contributed by atoms with Crippen LogP contribution in [0.3, 0.4) is 0 Å². The monoisotopic (exact) mass is 1100 g/mol. The smallest absolute Gasteiger partial charge is 0.361 e. The third kappa shape index (κ3) is 61.4. The van der Waals surface area contributed by atoms with E-state index >= 15 is 0 Å². The zero-order valence-electron chi connectivity index (χ0n) is 51.5. The molecule has 0 fully saturated rings. The molecule has 0 aromatic heterocycles. The molecule has 0 amide bonds. The first-order valence-corrected chi connectivity index (χ1v) is 32.1. The quantitative estimate of drug-likeness (QED) is 0.0211. The fourth-order valence-electron chi connectivity index (χ4n) is 8.62. The minimum Gasteiger partial charge on any atom is -0.477 e. The van der Waals surface area contributed by atoms with Gasteiger partial charge in [0.25, 0.3) is 6.29 Å². The molecular formula is C70H120NO8+. The number of nitrogens with zero attached hydrogens (tertiary/aromatic N) is 1. The highest BCUT2D eigenvalue weighted by molar-refractivity contribution is 5.71. The fourth-order valence-corrected chi connectivity index (χ4v) is 8.62. The standard InChI is InChI=1S/C70H119NO8/c1-6-8-10-12-14-16-18-20-22-24-26-28-30-31-32-33-34-35-36-37-39-40-42-44-46-48-50-52-54-56-58-60-67(72)77-64-66(65-78-70(69(74)75)76-63-62-71(3,4)5)79-68(73)61-59-57-55-53-51-49-47-45-43-41-38-29-27-25-23-21-19-17-15-13-11-9-7-2/h9,11,15,17-18,20-21,23-24,26-27,29,41,43,47,49,53,55,66,70H,6-8,10,12-14,16,19,22,25,28,30-40,42,44-46,48,50-52,54,56-65H2,1-5H3/p+1/b11-9-,17-15-,20-18-,23-21-,26-24-,29-27-,43-41-,49-47-,55-53-. The molecule has 79 heavy (non-hydrogen) atoms. The maximum absolute atomic E-state index is 12.9. The first kappa shape index (κ1) is 75.0. The predicted molar refractivity (Wildman–Crippen MR) is 336 cm³/mol. The van der Waals surface area contributed by atoms with E-state index in [2.05, 4.69) is 123 Å². The maximum atomic E-state index is 12.9. The van der Waals surface area contributed by atoms with Gasteiger partial charge in [-0.1, -0.05) is 258 Å². The molecule has 0 saturated carbocycles. The topological polar surface area (TPSA) is 108 Å². The molecule has 2 atom stereocenters. The second-order valence-corrected chi connectivity index (χ2v) is 22.3. The molecule has 0 bridgehead atoms. The number of ether oxygens (including phenoxy) is 4. The largest absolute Gasteiger partial charge is 0.477 e. The van der Waals surface area contributed by atoms with Crippen LogP contribution < -0.4 is 0 Å². The summed E-state index contributed by atoms with van der Waals surface area (Å²) in [6.45, 7) is 4.69. The van der Waals surface area contributed by atoms with Gasteiger partial charge in [0.1, 0.15) is 13.2 Å². The van der Waals surface area contributed by atoms with Crippen LogP contribution in [0.25, 0.3) is 0 Å². The number of hydrogen-bond donors (Lipinski definition) is 1. The Morgan fingerprint density at radius 2 is 0.734 bits per heavy atom. The molecule has 0 aliphatic carbocycles. The summed E-state index contributed by atoms with van der Waals surface area (Å²) in [6.07, 6.45) is 80.6. The average molecular weight is 1100 g/mol. The Hall–Kier alpha value is -4.05. The van der Waals surface area contributed by atoms with Crippen LogP contribution in [0, 0.1) is 0 Å². The Bertz CT molecular complexity index is 1660. The van der Waals surface area contributed by atoms with E-state index in [0.29, 0.717) is 23.9 Å². The van der Waals surface area contributed by atoms with E-state index in [1.54, 1.807) is 0 Å². The van der Waals surface area contributed by atoms with Gasteiger partial charge in [-0.05, 0) is 96.3 Å². The summed E-state index contributed by atoms with van der Waals surface area (Å²) >= 11 is 0. The first-order valence-electron chi connectivity index (χ1n) is 32.1. The molecule has 9 heteroatoms. The van der Waals surface area contributed by atoms with E-state index < -0.39 is 24.3 Å². The Balaban J connectivity index is 4.22. The third-order valence-corrected chi connectivity index (χ3v) is 13.5. The zero-order valence-corrected chi connectivity index (χ0v) is 51.5. The minimum absolute atomic E-state index is 0.172. The number of unbranched alkanes of at least 4 members (excludes halogenated alkanes) is 25. The number of carbonyl (C=O) groups is 3. The Labute approximate surface area is 485 Å². The van der Waals surface area contributed by atoms with Crippen molar-refractivity contribution < 1.29 is 42.9 Å². The van der Waals surface area contributed by atoms with Crippen LogP contribution in [0.15, 0.2) is 109 Å². The van der Waals surface area contributed by atoms with Gasteiger partial charge in [0.2, 0.25) is 0 Å². The molecule has 0 aliphatic heterocycles. The number of aliphatic carboxylic acids is 1. The average Bonchev–Trinajstić information content (AvgIpc) is 3.42. The summed E-state index contributed by atoms with van der Waals surface area (Å²) in [5.74, 6) is -2.09. The fraction of sp³-hybridized carbons (Fsp3) is 0.700. The van der Waals surface area contributed by atoms with Crippen molar-refractivity contribution in [3.63, 3.8) is 0 Å². The van der Waals surface area contributed by atoms with Crippen molar-refractivity contribution in [3.8, 4) is 0 Å². The lowest BCUT2D eigenvalue weighted by molar-refractivity contribution is -0.870. The molecule has 0 spiro atoms. The Morgan fingerprint density at radius 3 is 1.11 bits per heavy atom. The molecule has 452 valence electrons. The summed E-state index contributed by atoms with van der Waals surface area (Å²) < 4.78 is 22.8. The van der Waals surface area contributed by atoms with Gasteiger partial charge in [-0.2, -0.15) is 0 Å². The number of carboxylic acids is 1. The molecule has 0 aromatic carbocycles. The molecule has 0 rings (SSSR count). The number of carboxylic acid groups (broad SMARTS) is 1. The van der Waals surface area contributed by atoms with Crippen molar-refractivity contribution in [1.29, 1.82) is 0 Å². The van der Waals surface area contributed by atoms with Crippen molar-refractivity contribution in [2.24, 2.45) is 0 Å². The second-order valence-electron chi connectivity index (χ2n) is 22.3. The molecule has 0 radical (unpaired) electrons. The lowest BCUT2D eigenvalue weighted by atomic mass is 10.0. The van der Waals surface area contributed by atoms with E-state index in [0.717, 1.165) is 70.6 Å². The Kier molecular flexibility index (Phi) is 57.0. The summed E-state index contributed by atoms with van der Waals surface area (Å²) in [7, 11) is 5.95. The summed E-state index contributed by atoms with van der Waals surface area (Å²) in [5.41, 5.74) is 0. The highest BCUT2D eigenvalue weighted by Gasteiger charge is 2.25. The molecule has 2 unspecified atom stereocenters. The van der Waals surface area contributed by atoms with Crippen molar-refractivity contribution in [2.75, 3.05) is 47.5 Å². The molecule has 9 nitrogen and oxygen atoms in total. The van der Waals surface area contributed by atoms with Gasteiger partial charge in [-0.25, -0.2) is 4.79 Å². The third-order valence-electron chi connectivity index (χ3n) is 13.5. The number of likely N-dealkylation sites (N-methyl/N-ethyl adjacent to an activating group) is 1. The highest BCUT2D eigenvalue weighted by Crippen LogP contribution is 2.16. The van der Waals surface area contributed by atoms with Crippen molar-refractivity contribution in [3.05, 3.63) is 109 Å². The van der Waals surface area contributed by atoms with E-state index in [-0.39, 0.29) is 38.6 Å². The van der Waals surface area contributed by atoms with Gasteiger partial charge in [-0.15, -0.1) is 0 Å². The van der Waals surface area contributed by atoms with Crippen LogP contribution >= 0.6 is 0 Å². The lowest BCUT2D eigenvalue weighted by Crippen LogP contribution is -2.40. The molecule has 0 saturated heterocycles. The lowest BCUT2D eigenvalue weighted by Gasteiger charge is -2.25. The number of hydrogen-bond acceptors (Lipinski definition) is 7. The SMILES string of the molecule is CC/C=C\C/C=C\C/C=C\C/C=C\C/C=C\C/C=C\C/C=C\CCCC(=O)OC(COC(=O)CCCCCCCCCCCCCCCCCCCCC/C=C\C/C=C\CCCCCCC)COC(OCC[N+](C)(C)C)C(=O)O. The molecule has 0 heterocycles. The van der Waals surface area contributed by atoms with Gasteiger partial charge in [0.05, 0.1) is 34.4 Å². The van der Waals surface area contributed by atoms with Gasteiger partial charge in [0, 0.05) is 12.8 Å². The van der Waals surface area contributed by atoms with Gasteiger partial charge in [-0.3, -0.25) is 9.59 Å². The molecular weight excluding hydrogens is 983 g/mol. The van der Waals surface area contributed by atoms with Crippen LogP contribution in [-0.2, 0) is 33.3 Å².